The Bertz CT molecular complexity index is 704. The second-order valence-corrected chi connectivity index (χ2v) is 6.36. The van der Waals surface area contributed by atoms with Crippen molar-refractivity contribution in [3.8, 4) is 5.75 Å². The summed E-state index contributed by atoms with van der Waals surface area (Å²) in [7, 11) is -1.70. The maximum atomic E-state index is 12.3. The van der Waals surface area contributed by atoms with Crippen LogP contribution in [0, 0.1) is 0 Å². The quantitative estimate of drug-likeness (QED) is 0.685. The maximum Gasteiger partial charge on any atom is 0.321 e. The molecule has 0 saturated heterocycles. The van der Waals surface area contributed by atoms with Crippen molar-refractivity contribution in [1.29, 1.82) is 0 Å². The third kappa shape index (κ3) is 3.87. The molecule has 22 heavy (non-hydrogen) atoms. The zero-order chi connectivity index (χ0) is 17.1. The summed E-state index contributed by atoms with van der Waals surface area (Å²) in [5.41, 5.74) is -0.0825. The van der Waals surface area contributed by atoms with Crippen molar-refractivity contribution in [2.24, 2.45) is 0 Å². The number of amides is 1. The summed E-state index contributed by atoms with van der Waals surface area (Å²) < 4.78 is 31.6. The summed E-state index contributed by atoms with van der Waals surface area (Å²) in [5.74, 6) is -2.17. The highest BCUT2D eigenvalue weighted by Crippen LogP contribution is 2.31. The highest BCUT2D eigenvalue weighted by molar-refractivity contribution is 7.89. The fourth-order valence-electron chi connectivity index (χ4n) is 1.63. The Labute approximate surface area is 132 Å². The number of carbonyl (C=O) groups is 2. The minimum atomic E-state index is -4.25. The van der Waals surface area contributed by atoms with Crippen molar-refractivity contribution < 1.29 is 27.9 Å². The van der Waals surface area contributed by atoms with E-state index in [-0.39, 0.29) is 16.3 Å². The van der Waals surface area contributed by atoms with Crippen LogP contribution in [0.15, 0.2) is 17.0 Å². The molecule has 0 bridgehead atoms. The molecule has 0 saturated carbocycles. The first kappa shape index (κ1) is 18.2. The van der Waals surface area contributed by atoms with Gasteiger partial charge in [0.1, 0.15) is 10.9 Å². The van der Waals surface area contributed by atoms with Gasteiger partial charge in [0.05, 0.1) is 12.7 Å². The van der Waals surface area contributed by atoms with E-state index in [0.717, 1.165) is 13.0 Å². The van der Waals surface area contributed by atoms with Gasteiger partial charge in [0, 0.05) is 12.1 Å². The molecule has 0 aliphatic heterocycles. The van der Waals surface area contributed by atoms with Crippen LogP contribution in [0.1, 0.15) is 17.3 Å². The molecule has 1 amide bonds. The molecule has 0 fully saturated rings. The number of methoxy groups -OCH3 is 1. The molecule has 8 nitrogen and oxygen atoms in total. The maximum absolute atomic E-state index is 12.3. The van der Waals surface area contributed by atoms with Crippen molar-refractivity contribution in [3.05, 3.63) is 22.7 Å². The van der Waals surface area contributed by atoms with Crippen LogP contribution in [-0.2, 0) is 14.8 Å². The summed E-state index contributed by atoms with van der Waals surface area (Å²) in [6, 6.07) is 0.958. The molecule has 122 valence electrons. The minimum Gasteiger partial charge on any atom is -0.494 e. The lowest BCUT2D eigenvalue weighted by molar-refractivity contribution is -0.138. The predicted molar refractivity (Wildman–Crippen MR) is 78.8 cm³/mol. The number of benzene rings is 1. The molecular weight excluding hydrogens is 336 g/mol. The van der Waals surface area contributed by atoms with Crippen LogP contribution in [0.2, 0.25) is 5.02 Å². The zero-order valence-corrected chi connectivity index (χ0v) is 13.6. The Hall–Kier alpha value is -1.84. The van der Waals surface area contributed by atoms with Crippen molar-refractivity contribution >= 4 is 33.5 Å². The fourth-order valence-corrected chi connectivity index (χ4v) is 3.32. The smallest absolute Gasteiger partial charge is 0.321 e. The number of aliphatic carboxylic acids is 1. The predicted octanol–water partition coefficient (Wildman–Crippen LogP) is 0.460. The second kappa shape index (κ2) is 6.95. The Morgan fingerprint density at radius 1 is 1.36 bits per heavy atom. The van der Waals surface area contributed by atoms with Crippen molar-refractivity contribution in [1.82, 2.24) is 10.0 Å². The van der Waals surface area contributed by atoms with E-state index in [4.69, 9.17) is 21.4 Å². The SMILES string of the molecule is CNC(=O)c1cc(Cl)cc(S(=O)(=O)NC(C)C(=O)O)c1OC. The molecule has 0 aromatic heterocycles. The van der Waals surface area contributed by atoms with Gasteiger partial charge in [-0.1, -0.05) is 11.6 Å². The molecule has 1 rings (SSSR count). The summed E-state index contributed by atoms with van der Waals surface area (Å²) in [5, 5.41) is 11.1. The molecule has 0 spiro atoms. The molecular formula is C12H15ClN2O6S. The van der Waals surface area contributed by atoms with Gasteiger partial charge in [0.2, 0.25) is 10.0 Å². The lowest BCUT2D eigenvalue weighted by atomic mass is 10.2. The van der Waals surface area contributed by atoms with Gasteiger partial charge in [-0.2, -0.15) is 4.72 Å². The first-order chi connectivity index (χ1) is 10.1. The van der Waals surface area contributed by atoms with Crippen molar-refractivity contribution in [2.45, 2.75) is 17.9 Å². The highest BCUT2D eigenvalue weighted by Gasteiger charge is 2.28. The topological polar surface area (TPSA) is 122 Å². The van der Waals surface area contributed by atoms with Gasteiger partial charge in [0.25, 0.3) is 5.91 Å². The molecule has 3 N–H and O–H groups in total. The van der Waals surface area contributed by atoms with E-state index in [9.17, 15) is 18.0 Å². The first-order valence-electron chi connectivity index (χ1n) is 5.98. The lowest BCUT2D eigenvalue weighted by Crippen LogP contribution is -2.38. The normalized spacial score (nSPS) is 12.5. The van der Waals surface area contributed by atoms with Gasteiger partial charge in [0.15, 0.2) is 5.75 Å². The van der Waals surface area contributed by atoms with Crippen LogP contribution in [0.25, 0.3) is 0 Å². The van der Waals surface area contributed by atoms with Gasteiger partial charge in [-0.25, -0.2) is 8.42 Å². The molecule has 1 aromatic carbocycles. The molecule has 0 aliphatic carbocycles. The van der Waals surface area contributed by atoms with E-state index in [2.05, 4.69) is 5.32 Å². The van der Waals surface area contributed by atoms with Crippen LogP contribution < -0.4 is 14.8 Å². The van der Waals surface area contributed by atoms with Crippen LogP contribution in [-0.4, -0.2) is 45.6 Å². The zero-order valence-electron chi connectivity index (χ0n) is 12.0. The summed E-state index contributed by atoms with van der Waals surface area (Å²) in [4.78, 5) is 22.2. The standard InChI is InChI=1S/C12H15ClN2O6S/c1-6(12(17)18)15-22(19,20)9-5-7(13)4-8(10(9)21-3)11(16)14-2/h4-6,15H,1-3H3,(H,14,16)(H,17,18). The molecule has 0 heterocycles. The van der Waals surface area contributed by atoms with Gasteiger partial charge < -0.3 is 15.2 Å². The van der Waals surface area contributed by atoms with E-state index < -0.39 is 32.8 Å². The second-order valence-electron chi connectivity index (χ2n) is 4.25. The Morgan fingerprint density at radius 2 is 1.95 bits per heavy atom. The number of hydrogen-bond donors (Lipinski definition) is 3. The average molecular weight is 351 g/mol. The van der Waals surface area contributed by atoms with Gasteiger partial charge in [-0.3, -0.25) is 9.59 Å². The number of halogens is 1. The van der Waals surface area contributed by atoms with E-state index in [0.29, 0.717) is 0 Å². The number of nitrogens with one attached hydrogen (secondary N) is 2. The summed E-state index contributed by atoms with van der Waals surface area (Å²) >= 11 is 5.84. The Kier molecular flexibility index (Phi) is 5.75. The minimum absolute atomic E-state index is 0.0113. The molecule has 0 aliphatic rings. The van der Waals surface area contributed by atoms with Crippen LogP contribution in [0.3, 0.4) is 0 Å². The number of carboxylic acid groups (broad SMARTS) is 1. The third-order valence-electron chi connectivity index (χ3n) is 2.69. The number of hydrogen-bond acceptors (Lipinski definition) is 5. The molecule has 1 unspecified atom stereocenters. The van der Waals surface area contributed by atoms with E-state index in [1.165, 1.54) is 20.2 Å². The number of carboxylic acids is 1. The lowest BCUT2D eigenvalue weighted by Gasteiger charge is -2.16. The molecule has 1 atom stereocenters. The van der Waals surface area contributed by atoms with E-state index in [1.807, 2.05) is 4.72 Å². The number of rotatable bonds is 6. The highest BCUT2D eigenvalue weighted by atomic mass is 35.5. The Balaban J connectivity index is 3.49. The average Bonchev–Trinajstić information content (AvgIpc) is 2.44. The monoisotopic (exact) mass is 350 g/mol. The van der Waals surface area contributed by atoms with Crippen LogP contribution in [0.5, 0.6) is 5.75 Å². The third-order valence-corrected chi connectivity index (χ3v) is 4.45. The largest absolute Gasteiger partial charge is 0.494 e. The van der Waals surface area contributed by atoms with Crippen LogP contribution >= 0.6 is 11.6 Å². The van der Waals surface area contributed by atoms with Gasteiger partial charge in [-0.15, -0.1) is 0 Å². The Morgan fingerprint density at radius 3 is 2.41 bits per heavy atom. The van der Waals surface area contributed by atoms with E-state index >= 15 is 0 Å². The number of sulfonamides is 1. The van der Waals surface area contributed by atoms with Gasteiger partial charge in [-0.05, 0) is 19.1 Å². The molecule has 10 heteroatoms. The van der Waals surface area contributed by atoms with E-state index in [1.54, 1.807) is 0 Å². The summed E-state index contributed by atoms with van der Waals surface area (Å²) in [6.07, 6.45) is 0. The van der Waals surface area contributed by atoms with Crippen molar-refractivity contribution in [3.63, 3.8) is 0 Å². The number of carbonyl (C=O) groups excluding carboxylic acids is 1. The fraction of sp³-hybridized carbons (Fsp3) is 0.333. The molecule has 0 radical (unpaired) electrons. The summed E-state index contributed by atoms with van der Waals surface area (Å²) in [6.45, 7) is 1.16. The van der Waals surface area contributed by atoms with Gasteiger partial charge >= 0.3 is 5.97 Å². The number of ether oxygens (including phenoxy) is 1. The van der Waals surface area contributed by atoms with Crippen LogP contribution in [0.4, 0.5) is 0 Å². The first-order valence-corrected chi connectivity index (χ1v) is 7.85. The van der Waals surface area contributed by atoms with Crippen molar-refractivity contribution in [2.75, 3.05) is 14.2 Å². The molecule has 1 aromatic rings.